The molecule has 0 atom stereocenters. The van der Waals surface area contributed by atoms with Crippen LogP contribution in [0.25, 0.3) is 11.1 Å². The largest absolute Gasteiger partial charge is 0.313 e. The van der Waals surface area contributed by atoms with E-state index in [0.29, 0.717) is 0 Å². The highest BCUT2D eigenvalue weighted by Crippen LogP contribution is 2.29. The van der Waals surface area contributed by atoms with Crippen LogP contribution < -0.4 is 5.32 Å². The number of benzene rings is 1. The number of nitrogens with one attached hydrogen (secondary N) is 1. The lowest BCUT2D eigenvalue weighted by molar-refractivity contribution is 0.727. The Hall–Kier alpha value is -1.32. The molecule has 0 aliphatic heterocycles. The normalized spacial score (nSPS) is 11.0. The summed E-state index contributed by atoms with van der Waals surface area (Å²) in [6.45, 7) is 7.95. The maximum atomic E-state index is 6.24. The summed E-state index contributed by atoms with van der Waals surface area (Å²) in [4.78, 5) is 0. The summed E-state index contributed by atoms with van der Waals surface area (Å²) in [5.74, 6) is 0. The third-order valence-corrected chi connectivity index (χ3v) is 3.78. The van der Waals surface area contributed by atoms with Gasteiger partial charge in [-0.05, 0) is 43.7 Å². The van der Waals surface area contributed by atoms with Crippen molar-refractivity contribution in [1.29, 1.82) is 0 Å². The lowest BCUT2D eigenvalue weighted by Crippen LogP contribution is -2.12. The number of nitrogens with zero attached hydrogens (tertiary/aromatic N) is 2. The number of aromatic nitrogens is 2. The van der Waals surface area contributed by atoms with Crippen LogP contribution in [-0.4, -0.2) is 16.3 Å². The van der Waals surface area contributed by atoms with E-state index in [0.717, 1.165) is 29.4 Å². The van der Waals surface area contributed by atoms with Gasteiger partial charge in [0, 0.05) is 29.9 Å². The predicted octanol–water partition coefficient (Wildman–Crippen LogP) is 3.47. The van der Waals surface area contributed by atoms with Crippen molar-refractivity contribution in [3.05, 3.63) is 40.2 Å². The van der Waals surface area contributed by atoms with Gasteiger partial charge in [0.05, 0.1) is 5.69 Å². The van der Waals surface area contributed by atoms with E-state index < -0.39 is 0 Å². The van der Waals surface area contributed by atoms with Crippen molar-refractivity contribution in [3.8, 4) is 11.1 Å². The van der Waals surface area contributed by atoms with Gasteiger partial charge in [0.1, 0.15) is 0 Å². The average molecular weight is 278 g/mol. The van der Waals surface area contributed by atoms with Gasteiger partial charge in [0.25, 0.3) is 0 Å². The zero-order valence-electron chi connectivity index (χ0n) is 11.9. The van der Waals surface area contributed by atoms with Crippen LogP contribution in [0.3, 0.4) is 0 Å². The number of aryl methyl sites for hydroxylation is 2. The molecule has 0 aliphatic carbocycles. The molecule has 1 N–H and O–H groups in total. The van der Waals surface area contributed by atoms with Crippen LogP contribution in [0, 0.1) is 13.8 Å². The summed E-state index contributed by atoms with van der Waals surface area (Å²) in [5, 5.41) is 8.59. The fourth-order valence-corrected chi connectivity index (χ4v) is 2.50. The second kappa shape index (κ2) is 5.76. The summed E-state index contributed by atoms with van der Waals surface area (Å²) in [6.07, 6.45) is 0. The number of hydrogen-bond acceptors (Lipinski definition) is 2. The van der Waals surface area contributed by atoms with Crippen LogP contribution in [0.5, 0.6) is 0 Å². The zero-order valence-corrected chi connectivity index (χ0v) is 12.7. The van der Waals surface area contributed by atoms with Crippen molar-refractivity contribution in [1.82, 2.24) is 15.1 Å². The molecule has 0 saturated heterocycles. The summed E-state index contributed by atoms with van der Waals surface area (Å²) < 4.78 is 1.92. The molecule has 0 aliphatic rings. The molecule has 102 valence electrons. The third kappa shape index (κ3) is 2.82. The Labute approximate surface area is 119 Å². The maximum Gasteiger partial charge on any atom is 0.0674 e. The topological polar surface area (TPSA) is 29.9 Å². The van der Waals surface area contributed by atoms with Crippen molar-refractivity contribution in [2.45, 2.75) is 27.3 Å². The Morgan fingerprint density at radius 2 is 2.05 bits per heavy atom. The molecule has 3 nitrogen and oxygen atoms in total. The molecule has 2 aromatic rings. The summed E-state index contributed by atoms with van der Waals surface area (Å²) in [5.41, 5.74) is 5.74. The Bertz CT molecular complexity index is 587. The molecule has 1 aromatic heterocycles. The smallest absolute Gasteiger partial charge is 0.0674 e. The van der Waals surface area contributed by atoms with Crippen molar-refractivity contribution >= 4 is 11.6 Å². The number of halogens is 1. The van der Waals surface area contributed by atoms with Crippen LogP contribution in [0.4, 0.5) is 0 Å². The first-order valence-electron chi connectivity index (χ1n) is 6.54. The molecule has 1 aromatic carbocycles. The van der Waals surface area contributed by atoms with Gasteiger partial charge in [0.15, 0.2) is 0 Å². The Morgan fingerprint density at radius 3 is 2.63 bits per heavy atom. The summed E-state index contributed by atoms with van der Waals surface area (Å²) in [7, 11) is 1.97. The Balaban J connectivity index is 2.45. The molecule has 4 heteroatoms. The van der Waals surface area contributed by atoms with Gasteiger partial charge in [0.2, 0.25) is 0 Å². The minimum Gasteiger partial charge on any atom is -0.313 e. The van der Waals surface area contributed by atoms with Gasteiger partial charge in [-0.3, -0.25) is 4.68 Å². The lowest BCUT2D eigenvalue weighted by atomic mass is 10.0. The second-order valence-corrected chi connectivity index (χ2v) is 5.16. The quantitative estimate of drug-likeness (QED) is 0.927. The van der Waals surface area contributed by atoms with Crippen LogP contribution in [0.2, 0.25) is 5.02 Å². The molecular formula is C15H20ClN3. The van der Waals surface area contributed by atoms with E-state index in [1.807, 2.05) is 24.7 Å². The first-order valence-corrected chi connectivity index (χ1v) is 6.92. The number of hydrogen-bond donors (Lipinski definition) is 1. The van der Waals surface area contributed by atoms with E-state index >= 15 is 0 Å². The van der Waals surface area contributed by atoms with Crippen molar-refractivity contribution in [3.63, 3.8) is 0 Å². The van der Waals surface area contributed by atoms with Crippen LogP contribution in [-0.2, 0) is 13.6 Å². The molecule has 2 rings (SSSR count). The van der Waals surface area contributed by atoms with Gasteiger partial charge < -0.3 is 5.32 Å². The van der Waals surface area contributed by atoms with E-state index in [4.69, 9.17) is 11.6 Å². The highest BCUT2D eigenvalue weighted by molar-refractivity contribution is 6.31. The van der Waals surface area contributed by atoms with E-state index in [1.165, 1.54) is 16.8 Å². The molecule has 0 radical (unpaired) electrons. The fraction of sp³-hybridized carbons (Fsp3) is 0.400. The molecule has 19 heavy (non-hydrogen) atoms. The Morgan fingerprint density at radius 1 is 1.32 bits per heavy atom. The summed E-state index contributed by atoms with van der Waals surface area (Å²) >= 11 is 6.24. The minimum atomic E-state index is 0.793. The molecule has 0 fully saturated rings. The van der Waals surface area contributed by atoms with Crippen LogP contribution in [0.15, 0.2) is 18.2 Å². The highest BCUT2D eigenvalue weighted by atomic mass is 35.5. The summed E-state index contributed by atoms with van der Waals surface area (Å²) in [6, 6.07) is 6.19. The molecule has 0 bridgehead atoms. The molecule has 1 heterocycles. The highest BCUT2D eigenvalue weighted by Gasteiger charge is 2.12. The second-order valence-electron chi connectivity index (χ2n) is 4.76. The van der Waals surface area contributed by atoms with E-state index in [1.54, 1.807) is 0 Å². The van der Waals surface area contributed by atoms with Gasteiger partial charge in [-0.15, -0.1) is 0 Å². The molecule has 0 saturated carbocycles. The van der Waals surface area contributed by atoms with E-state index in [-0.39, 0.29) is 0 Å². The van der Waals surface area contributed by atoms with Crippen molar-refractivity contribution < 1.29 is 0 Å². The molecule has 0 spiro atoms. The van der Waals surface area contributed by atoms with E-state index in [2.05, 4.69) is 36.4 Å². The molecule has 0 amide bonds. The fourth-order valence-electron chi connectivity index (χ4n) is 2.32. The first kappa shape index (κ1) is 14.1. The van der Waals surface area contributed by atoms with Gasteiger partial charge >= 0.3 is 0 Å². The van der Waals surface area contributed by atoms with Gasteiger partial charge in [-0.25, -0.2) is 0 Å². The third-order valence-electron chi connectivity index (χ3n) is 3.41. The average Bonchev–Trinajstić information content (AvgIpc) is 2.63. The monoisotopic (exact) mass is 277 g/mol. The van der Waals surface area contributed by atoms with Gasteiger partial charge in [-0.2, -0.15) is 5.10 Å². The maximum absolute atomic E-state index is 6.24. The predicted molar refractivity (Wildman–Crippen MR) is 80.5 cm³/mol. The van der Waals surface area contributed by atoms with E-state index in [9.17, 15) is 0 Å². The minimum absolute atomic E-state index is 0.793. The van der Waals surface area contributed by atoms with Crippen molar-refractivity contribution in [2.75, 3.05) is 6.54 Å². The van der Waals surface area contributed by atoms with Crippen molar-refractivity contribution in [2.24, 2.45) is 7.05 Å². The number of rotatable bonds is 4. The SMILES string of the molecule is CCNCc1cc(-c2c(C)nn(C)c2C)ccc1Cl. The molecular weight excluding hydrogens is 258 g/mol. The van der Waals surface area contributed by atoms with Crippen LogP contribution >= 0.6 is 11.6 Å². The lowest BCUT2D eigenvalue weighted by Gasteiger charge is -2.09. The standard InChI is InChI=1S/C15H20ClN3/c1-5-17-9-13-8-12(6-7-14(13)16)15-10(2)18-19(4)11(15)3/h6-8,17H,5,9H2,1-4H3. The van der Waals surface area contributed by atoms with Crippen LogP contribution in [0.1, 0.15) is 23.9 Å². The van der Waals surface area contributed by atoms with Gasteiger partial charge in [-0.1, -0.05) is 24.6 Å². The zero-order chi connectivity index (χ0) is 14.0. The first-order chi connectivity index (χ1) is 9.04. The Kier molecular flexibility index (Phi) is 4.27. The molecule has 0 unspecified atom stereocenters.